The maximum Gasteiger partial charge on any atom is 0.210 e. The highest BCUT2D eigenvalue weighted by molar-refractivity contribution is 9.09. The number of aromatic nitrogens is 1. The normalized spacial score (nSPS) is 10.8. The van der Waals surface area contributed by atoms with Crippen LogP contribution >= 0.6 is 27.5 Å². The van der Waals surface area contributed by atoms with Gasteiger partial charge in [-0.3, -0.25) is 4.79 Å². The van der Waals surface area contributed by atoms with Gasteiger partial charge in [-0.15, -0.1) is 11.6 Å². The van der Waals surface area contributed by atoms with E-state index in [9.17, 15) is 4.79 Å². The summed E-state index contributed by atoms with van der Waals surface area (Å²) in [4.78, 5) is 15.5. The van der Waals surface area contributed by atoms with E-state index in [0.717, 1.165) is 0 Å². The van der Waals surface area contributed by atoms with Gasteiger partial charge in [-0.25, -0.2) is 4.98 Å². The van der Waals surface area contributed by atoms with Gasteiger partial charge < -0.3 is 4.42 Å². The highest BCUT2D eigenvalue weighted by Crippen LogP contribution is 2.18. The van der Waals surface area contributed by atoms with Crippen LogP contribution in [0.4, 0.5) is 0 Å². The van der Waals surface area contributed by atoms with Crippen molar-refractivity contribution in [2.45, 2.75) is 5.88 Å². The second-order valence-electron chi connectivity index (χ2n) is 2.98. The summed E-state index contributed by atoms with van der Waals surface area (Å²) >= 11 is 8.72. The average Bonchev–Trinajstić information content (AvgIpc) is 2.69. The fraction of sp³-hybridized carbons (Fsp3) is 0.200. The first-order valence-electron chi connectivity index (χ1n) is 4.29. The number of carbonyl (C=O) groups is 1. The van der Waals surface area contributed by atoms with Gasteiger partial charge in [0.15, 0.2) is 11.4 Å². The number of oxazole rings is 1. The maximum absolute atomic E-state index is 11.4. The first-order valence-corrected chi connectivity index (χ1v) is 5.95. The van der Waals surface area contributed by atoms with Crippen LogP contribution in [0.25, 0.3) is 11.1 Å². The molecule has 0 unspecified atom stereocenters. The third kappa shape index (κ3) is 2.06. The molecule has 0 aliphatic carbocycles. The minimum Gasteiger partial charge on any atom is -0.439 e. The Morgan fingerprint density at radius 2 is 2.33 bits per heavy atom. The molecule has 0 bridgehead atoms. The summed E-state index contributed by atoms with van der Waals surface area (Å²) in [6.45, 7) is 0. The van der Waals surface area contributed by atoms with Gasteiger partial charge in [-0.05, 0) is 18.2 Å². The maximum atomic E-state index is 11.4. The van der Waals surface area contributed by atoms with Crippen molar-refractivity contribution in [3.05, 3.63) is 29.7 Å². The van der Waals surface area contributed by atoms with Crippen molar-refractivity contribution >= 4 is 44.4 Å². The zero-order valence-electron chi connectivity index (χ0n) is 7.67. The van der Waals surface area contributed by atoms with Crippen LogP contribution in [0.2, 0.25) is 0 Å². The van der Waals surface area contributed by atoms with Crippen molar-refractivity contribution < 1.29 is 9.21 Å². The van der Waals surface area contributed by atoms with E-state index in [1.54, 1.807) is 18.2 Å². The van der Waals surface area contributed by atoms with Crippen LogP contribution in [0.15, 0.2) is 22.6 Å². The number of nitrogens with zero attached hydrogens (tertiary/aromatic N) is 1. The number of benzene rings is 1. The third-order valence-corrected chi connectivity index (χ3v) is 2.73. The molecule has 0 N–H and O–H groups in total. The Morgan fingerprint density at radius 3 is 3.00 bits per heavy atom. The molecule has 0 atom stereocenters. The van der Waals surface area contributed by atoms with Gasteiger partial charge in [0.05, 0.1) is 11.2 Å². The molecule has 2 rings (SSSR count). The first kappa shape index (κ1) is 10.6. The van der Waals surface area contributed by atoms with Gasteiger partial charge >= 0.3 is 0 Å². The van der Waals surface area contributed by atoms with E-state index >= 15 is 0 Å². The molecule has 0 saturated carbocycles. The molecule has 0 aliphatic rings. The standard InChI is InChI=1S/C10H7BrClNO2/c11-4-8(14)6-1-2-9-7(3-6)13-10(5-12)15-9/h1-3H,4-5H2. The predicted molar refractivity (Wildman–Crippen MR) is 61.7 cm³/mol. The molecule has 0 radical (unpaired) electrons. The van der Waals surface area contributed by atoms with E-state index in [4.69, 9.17) is 16.0 Å². The Bertz CT molecular complexity index is 509. The van der Waals surface area contributed by atoms with Gasteiger partial charge in [0.2, 0.25) is 5.89 Å². The zero-order chi connectivity index (χ0) is 10.8. The third-order valence-electron chi connectivity index (χ3n) is 1.99. The number of Topliss-reactive ketones (excluding diaryl/α,β-unsaturated/α-hetero) is 1. The van der Waals surface area contributed by atoms with Gasteiger partial charge in [0.25, 0.3) is 0 Å². The number of carbonyl (C=O) groups excluding carboxylic acids is 1. The molecule has 2 aromatic rings. The molecule has 0 fully saturated rings. The van der Waals surface area contributed by atoms with Crippen LogP contribution in [0.3, 0.4) is 0 Å². The number of ketones is 1. The van der Waals surface area contributed by atoms with Crippen molar-refractivity contribution in [3.8, 4) is 0 Å². The smallest absolute Gasteiger partial charge is 0.210 e. The van der Waals surface area contributed by atoms with Crippen molar-refractivity contribution in [3.63, 3.8) is 0 Å². The fourth-order valence-electron chi connectivity index (χ4n) is 1.28. The van der Waals surface area contributed by atoms with Gasteiger partial charge in [-0.2, -0.15) is 0 Å². The van der Waals surface area contributed by atoms with Crippen molar-refractivity contribution in [1.29, 1.82) is 0 Å². The zero-order valence-corrected chi connectivity index (χ0v) is 10.0. The number of halogens is 2. The molecule has 1 aromatic heterocycles. The molecular weight excluding hydrogens is 281 g/mol. The summed E-state index contributed by atoms with van der Waals surface area (Å²) in [7, 11) is 0. The molecule has 0 saturated heterocycles. The summed E-state index contributed by atoms with van der Waals surface area (Å²) in [5.41, 5.74) is 1.93. The van der Waals surface area contributed by atoms with Crippen molar-refractivity contribution in [2.24, 2.45) is 0 Å². The lowest BCUT2D eigenvalue weighted by Gasteiger charge is -1.94. The summed E-state index contributed by atoms with van der Waals surface area (Å²) < 4.78 is 5.32. The van der Waals surface area contributed by atoms with Crippen molar-refractivity contribution in [1.82, 2.24) is 4.98 Å². The Morgan fingerprint density at radius 1 is 1.53 bits per heavy atom. The molecule has 0 spiro atoms. The molecule has 1 aromatic carbocycles. The number of rotatable bonds is 3. The van der Waals surface area contributed by atoms with Crippen LogP contribution in [0, 0.1) is 0 Å². The van der Waals surface area contributed by atoms with E-state index in [2.05, 4.69) is 20.9 Å². The molecule has 15 heavy (non-hydrogen) atoms. The second kappa shape index (κ2) is 4.33. The summed E-state index contributed by atoms with van der Waals surface area (Å²) in [5, 5.41) is 0.304. The fourth-order valence-corrected chi connectivity index (χ4v) is 1.72. The molecule has 0 amide bonds. The lowest BCUT2D eigenvalue weighted by Crippen LogP contribution is -1.98. The number of fused-ring (bicyclic) bond motifs is 1. The lowest BCUT2D eigenvalue weighted by atomic mass is 10.1. The number of alkyl halides is 2. The quantitative estimate of drug-likeness (QED) is 0.644. The van der Waals surface area contributed by atoms with Gasteiger partial charge in [0.1, 0.15) is 5.52 Å². The summed E-state index contributed by atoms with van der Waals surface area (Å²) in [5.74, 6) is 0.721. The Balaban J connectivity index is 2.50. The molecule has 1 heterocycles. The van der Waals surface area contributed by atoms with Crippen molar-refractivity contribution in [2.75, 3.05) is 5.33 Å². The van der Waals surface area contributed by atoms with Crippen LogP contribution in [0.5, 0.6) is 0 Å². The molecule has 3 nitrogen and oxygen atoms in total. The second-order valence-corrected chi connectivity index (χ2v) is 3.81. The van der Waals surface area contributed by atoms with E-state index in [1.165, 1.54) is 0 Å². The van der Waals surface area contributed by atoms with Gasteiger partial charge in [-0.1, -0.05) is 15.9 Å². The largest absolute Gasteiger partial charge is 0.439 e. The summed E-state index contributed by atoms with van der Waals surface area (Å²) in [6.07, 6.45) is 0. The molecule has 5 heteroatoms. The Kier molecular flexibility index (Phi) is 3.07. The van der Waals surface area contributed by atoms with Crippen LogP contribution in [0.1, 0.15) is 16.2 Å². The van der Waals surface area contributed by atoms with Crippen LogP contribution in [-0.4, -0.2) is 16.1 Å². The topological polar surface area (TPSA) is 43.1 Å². The number of hydrogen-bond acceptors (Lipinski definition) is 3. The average molecular weight is 289 g/mol. The van der Waals surface area contributed by atoms with Gasteiger partial charge in [0, 0.05) is 5.56 Å². The Hall–Kier alpha value is -0.870. The minimum absolute atomic E-state index is 0.0207. The minimum atomic E-state index is 0.0207. The Labute approximate surface area is 99.6 Å². The summed E-state index contributed by atoms with van der Waals surface area (Å²) in [6, 6.07) is 5.15. The monoisotopic (exact) mass is 287 g/mol. The molecular formula is C10H7BrClNO2. The molecule has 0 aliphatic heterocycles. The molecule has 78 valence electrons. The lowest BCUT2D eigenvalue weighted by molar-refractivity contribution is 0.102. The van der Waals surface area contributed by atoms with E-state index < -0.39 is 0 Å². The van der Waals surface area contributed by atoms with E-state index in [0.29, 0.717) is 27.9 Å². The predicted octanol–water partition coefficient (Wildman–Crippen LogP) is 3.14. The van der Waals surface area contributed by atoms with Crippen LogP contribution in [-0.2, 0) is 5.88 Å². The van der Waals surface area contributed by atoms with Crippen LogP contribution < -0.4 is 0 Å². The van der Waals surface area contributed by atoms with E-state index in [-0.39, 0.29) is 11.7 Å². The number of hydrogen-bond donors (Lipinski definition) is 0. The SMILES string of the molecule is O=C(CBr)c1ccc2oc(CCl)nc2c1. The highest BCUT2D eigenvalue weighted by Gasteiger charge is 2.08. The van der Waals surface area contributed by atoms with E-state index in [1.807, 2.05) is 0 Å². The first-order chi connectivity index (χ1) is 7.24. The highest BCUT2D eigenvalue weighted by atomic mass is 79.9.